The summed E-state index contributed by atoms with van der Waals surface area (Å²) in [6.45, 7) is 4.11. The molecule has 22 heavy (non-hydrogen) atoms. The van der Waals surface area contributed by atoms with Gasteiger partial charge in [0.15, 0.2) is 0 Å². The summed E-state index contributed by atoms with van der Waals surface area (Å²) in [5, 5.41) is 11.6. The van der Waals surface area contributed by atoms with Gasteiger partial charge in [0.1, 0.15) is 0 Å². The van der Waals surface area contributed by atoms with E-state index < -0.39 is 17.7 Å². The van der Waals surface area contributed by atoms with E-state index in [1.165, 1.54) is 6.07 Å². The van der Waals surface area contributed by atoms with Gasteiger partial charge in [-0.3, -0.25) is 4.79 Å². The van der Waals surface area contributed by atoms with Gasteiger partial charge in [-0.1, -0.05) is 32.0 Å². The lowest BCUT2D eigenvalue weighted by atomic mass is 9.98. The molecule has 0 saturated carbocycles. The van der Waals surface area contributed by atoms with Crippen LogP contribution in [0.4, 0.5) is 13.2 Å². The number of hydrogen-bond donors (Lipinski definition) is 2. The Hall–Kier alpha value is -1.56. The van der Waals surface area contributed by atoms with Crippen molar-refractivity contribution in [2.24, 2.45) is 11.8 Å². The number of amides is 1. The number of aliphatic hydroxyl groups excluding tert-OH is 1. The molecule has 3 nitrogen and oxygen atoms in total. The number of alkyl halides is 3. The fourth-order valence-corrected chi connectivity index (χ4v) is 2.09. The van der Waals surface area contributed by atoms with Crippen molar-refractivity contribution in [1.82, 2.24) is 5.32 Å². The number of benzene rings is 1. The average molecular weight is 317 g/mol. The van der Waals surface area contributed by atoms with Crippen molar-refractivity contribution >= 4 is 5.91 Å². The first-order valence-electron chi connectivity index (χ1n) is 7.28. The molecular formula is C16H22F3NO2. The van der Waals surface area contributed by atoms with Crippen molar-refractivity contribution in [3.63, 3.8) is 0 Å². The van der Waals surface area contributed by atoms with Crippen molar-refractivity contribution in [2.75, 3.05) is 13.2 Å². The van der Waals surface area contributed by atoms with Gasteiger partial charge in [0.05, 0.1) is 5.56 Å². The molecular weight excluding hydrogens is 295 g/mol. The molecule has 0 bridgehead atoms. The van der Waals surface area contributed by atoms with Gasteiger partial charge in [-0.15, -0.1) is 0 Å². The molecule has 6 heteroatoms. The van der Waals surface area contributed by atoms with Gasteiger partial charge >= 0.3 is 6.18 Å². The summed E-state index contributed by atoms with van der Waals surface area (Å²) in [5.74, 6) is -0.443. The molecule has 1 aromatic carbocycles. The molecule has 0 spiro atoms. The number of aliphatic hydroxyl groups is 1. The molecule has 0 aliphatic carbocycles. The third-order valence-electron chi connectivity index (χ3n) is 3.49. The highest BCUT2D eigenvalue weighted by molar-refractivity contribution is 5.78. The van der Waals surface area contributed by atoms with E-state index in [1.54, 1.807) is 13.0 Å². The molecule has 0 aliphatic heterocycles. The predicted molar refractivity (Wildman–Crippen MR) is 78.2 cm³/mol. The molecule has 0 aliphatic rings. The number of halogens is 3. The Kier molecular flexibility index (Phi) is 6.87. The van der Waals surface area contributed by atoms with E-state index in [-0.39, 0.29) is 24.9 Å². The topological polar surface area (TPSA) is 49.3 Å². The van der Waals surface area contributed by atoms with Crippen molar-refractivity contribution in [3.05, 3.63) is 35.4 Å². The lowest BCUT2D eigenvalue weighted by Crippen LogP contribution is -2.33. The standard InChI is InChI=1S/C16H22F3NO2/c1-11(6-7-21)10-20-15(22)12(2)8-13-4-3-5-14(9-13)16(17,18)19/h3-5,9,11-12,21H,6-8,10H2,1-2H3,(H,20,22). The summed E-state index contributed by atoms with van der Waals surface area (Å²) in [6.07, 6.45) is -3.52. The normalized spacial score (nSPS) is 14.5. The zero-order valence-electron chi connectivity index (χ0n) is 12.8. The summed E-state index contributed by atoms with van der Waals surface area (Å²) in [5.41, 5.74) is -0.213. The van der Waals surface area contributed by atoms with Gasteiger partial charge in [0, 0.05) is 19.1 Å². The molecule has 1 amide bonds. The minimum absolute atomic E-state index is 0.0663. The fraction of sp³-hybridized carbons (Fsp3) is 0.562. The third-order valence-corrected chi connectivity index (χ3v) is 3.49. The van der Waals surface area contributed by atoms with Gasteiger partial charge in [-0.05, 0) is 30.4 Å². The lowest BCUT2D eigenvalue weighted by molar-refractivity contribution is -0.137. The Bertz CT molecular complexity index is 489. The Morgan fingerprint density at radius 3 is 2.59 bits per heavy atom. The maximum atomic E-state index is 12.6. The van der Waals surface area contributed by atoms with Crippen molar-refractivity contribution in [2.45, 2.75) is 32.9 Å². The molecule has 0 fully saturated rings. The van der Waals surface area contributed by atoms with Crippen LogP contribution in [0.2, 0.25) is 0 Å². The molecule has 0 heterocycles. The summed E-state index contributed by atoms with van der Waals surface area (Å²) in [4.78, 5) is 11.9. The number of carbonyl (C=O) groups is 1. The van der Waals surface area contributed by atoms with Gasteiger partial charge in [-0.25, -0.2) is 0 Å². The van der Waals surface area contributed by atoms with Gasteiger partial charge < -0.3 is 10.4 Å². The van der Waals surface area contributed by atoms with Gasteiger partial charge in [0.25, 0.3) is 0 Å². The van der Waals surface area contributed by atoms with Crippen LogP contribution in [0.3, 0.4) is 0 Å². The summed E-state index contributed by atoms with van der Waals surface area (Å²) in [6, 6.07) is 5.04. The van der Waals surface area contributed by atoms with E-state index in [4.69, 9.17) is 5.11 Å². The van der Waals surface area contributed by atoms with Crippen LogP contribution in [0, 0.1) is 11.8 Å². The smallest absolute Gasteiger partial charge is 0.396 e. The molecule has 124 valence electrons. The van der Waals surface area contributed by atoms with Crippen LogP contribution in [0.25, 0.3) is 0 Å². The first-order valence-corrected chi connectivity index (χ1v) is 7.28. The van der Waals surface area contributed by atoms with Gasteiger partial charge in [-0.2, -0.15) is 13.2 Å². The fourth-order valence-electron chi connectivity index (χ4n) is 2.09. The maximum absolute atomic E-state index is 12.6. The Morgan fingerprint density at radius 2 is 2.00 bits per heavy atom. The second kappa shape index (κ2) is 8.17. The Labute approximate surface area is 128 Å². The van der Waals surface area contributed by atoms with Crippen LogP contribution < -0.4 is 5.32 Å². The van der Waals surface area contributed by atoms with Crippen molar-refractivity contribution in [3.8, 4) is 0 Å². The first kappa shape index (κ1) is 18.5. The maximum Gasteiger partial charge on any atom is 0.416 e. The SMILES string of the molecule is CC(CCO)CNC(=O)C(C)Cc1cccc(C(F)(F)F)c1. The average Bonchev–Trinajstić information content (AvgIpc) is 2.44. The Balaban J connectivity index is 2.57. The van der Waals surface area contributed by atoms with E-state index in [2.05, 4.69) is 5.32 Å². The van der Waals surface area contributed by atoms with Crippen LogP contribution in [-0.4, -0.2) is 24.2 Å². The summed E-state index contributed by atoms with van der Waals surface area (Å²) in [7, 11) is 0. The number of nitrogens with one attached hydrogen (secondary N) is 1. The zero-order chi connectivity index (χ0) is 16.8. The van der Waals surface area contributed by atoms with E-state index >= 15 is 0 Å². The van der Waals surface area contributed by atoms with E-state index in [0.717, 1.165) is 12.1 Å². The quantitative estimate of drug-likeness (QED) is 0.812. The Morgan fingerprint density at radius 1 is 1.32 bits per heavy atom. The number of hydrogen-bond acceptors (Lipinski definition) is 2. The van der Waals surface area contributed by atoms with Crippen molar-refractivity contribution in [1.29, 1.82) is 0 Å². The van der Waals surface area contributed by atoms with Crippen LogP contribution in [-0.2, 0) is 17.4 Å². The first-order chi connectivity index (χ1) is 10.2. The number of rotatable bonds is 7. The lowest BCUT2D eigenvalue weighted by Gasteiger charge is -2.16. The number of carbonyl (C=O) groups excluding carboxylic acids is 1. The van der Waals surface area contributed by atoms with Gasteiger partial charge in [0.2, 0.25) is 5.91 Å². The zero-order valence-corrected chi connectivity index (χ0v) is 12.8. The molecule has 2 N–H and O–H groups in total. The summed E-state index contributed by atoms with van der Waals surface area (Å²) < 4.78 is 37.9. The monoisotopic (exact) mass is 317 g/mol. The van der Waals surface area contributed by atoms with Crippen molar-refractivity contribution < 1.29 is 23.1 Å². The molecule has 0 radical (unpaired) electrons. The largest absolute Gasteiger partial charge is 0.416 e. The highest BCUT2D eigenvalue weighted by atomic mass is 19.4. The molecule has 1 aromatic rings. The molecule has 1 rings (SSSR count). The summed E-state index contributed by atoms with van der Waals surface area (Å²) >= 11 is 0. The van der Waals surface area contributed by atoms with E-state index in [1.807, 2.05) is 6.92 Å². The molecule has 2 atom stereocenters. The minimum atomic E-state index is -4.37. The molecule has 0 saturated heterocycles. The van der Waals surface area contributed by atoms with E-state index in [9.17, 15) is 18.0 Å². The van der Waals surface area contributed by atoms with Crippen LogP contribution >= 0.6 is 0 Å². The minimum Gasteiger partial charge on any atom is -0.396 e. The van der Waals surface area contributed by atoms with Crippen LogP contribution in [0.5, 0.6) is 0 Å². The van der Waals surface area contributed by atoms with E-state index in [0.29, 0.717) is 18.5 Å². The third kappa shape index (κ3) is 6.05. The second-order valence-electron chi connectivity index (χ2n) is 5.67. The van der Waals surface area contributed by atoms with Crippen LogP contribution in [0.1, 0.15) is 31.4 Å². The molecule has 2 unspecified atom stereocenters. The highest BCUT2D eigenvalue weighted by Gasteiger charge is 2.30. The predicted octanol–water partition coefficient (Wildman–Crippen LogP) is 3.02. The molecule has 0 aromatic heterocycles. The van der Waals surface area contributed by atoms with Crippen LogP contribution in [0.15, 0.2) is 24.3 Å². The highest BCUT2D eigenvalue weighted by Crippen LogP contribution is 2.29. The second-order valence-corrected chi connectivity index (χ2v) is 5.67.